The van der Waals surface area contributed by atoms with Crippen LogP contribution in [-0.2, 0) is 0 Å². The summed E-state index contributed by atoms with van der Waals surface area (Å²) in [6.45, 7) is 1.81. The number of nitrogens with zero attached hydrogens (tertiary/aromatic N) is 2. The molecule has 4 nitrogen and oxygen atoms in total. The molecule has 1 heterocycles. The third-order valence-electron chi connectivity index (χ3n) is 3.73. The summed E-state index contributed by atoms with van der Waals surface area (Å²) < 4.78 is 0. The number of carbonyl (C=O) groups excluding carboxylic acids is 2. The van der Waals surface area contributed by atoms with Gasteiger partial charge in [0.05, 0.1) is 28.8 Å². The highest BCUT2D eigenvalue weighted by molar-refractivity contribution is 6.21. The molecule has 1 unspecified atom stereocenters. The van der Waals surface area contributed by atoms with Crippen molar-refractivity contribution in [2.24, 2.45) is 0 Å². The zero-order chi connectivity index (χ0) is 15.0. The number of fused-ring (bicyclic) bond motifs is 1. The van der Waals surface area contributed by atoms with Crippen molar-refractivity contribution in [1.82, 2.24) is 4.90 Å². The first-order valence-corrected chi connectivity index (χ1v) is 6.60. The zero-order valence-electron chi connectivity index (χ0n) is 11.4. The van der Waals surface area contributed by atoms with E-state index in [4.69, 9.17) is 5.26 Å². The monoisotopic (exact) mass is 276 g/mol. The molecule has 3 rings (SSSR count). The first-order valence-electron chi connectivity index (χ1n) is 6.60. The molecule has 0 spiro atoms. The van der Waals surface area contributed by atoms with Crippen LogP contribution < -0.4 is 0 Å². The van der Waals surface area contributed by atoms with Crippen LogP contribution >= 0.6 is 0 Å². The maximum absolute atomic E-state index is 12.4. The molecule has 0 radical (unpaired) electrons. The van der Waals surface area contributed by atoms with Gasteiger partial charge < -0.3 is 0 Å². The average Bonchev–Trinajstić information content (AvgIpc) is 2.79. The molecular formula is C17H12N2O2. The summed E-state index contributed by atoms with van der Waals surface area (Å²) in [5.74, 6) is -0.542. The van der Waals surface area contributed by atoms with Gasteiger partial charge in [-0.25, -0.2) is 0 Å². The van der Waals surface area contributed by atoms with Crippen molar-refractivity contribution in [2.45, 2.75) is 13.0 Å². The normalized spacial score (nSPS) is 14.8. The number of nitriles is 1. The maximum Gasteiger partial charge on any atom is 0.262 e. The Morgan fingerprint density at radius 3 is 1.95 bits per heavy atom. The van der Waals surface area contributed by atoms with Gasteiger partial charge in [0.2, 0.25) is 0 Å². The molecular weight excluding hydrogens is 264 g/mol. The van der Waals surface area contributed by atoms with Crippen molar-refractivity contribution in [3.63, 3.8) is 0 Å². The number of carbonyl (C=O) groups is 2. The fourth-order valence-corrected chi connectivity index (χ4v) is 2.54. The summed E-state index contributed by atoms with van der Waals surface area (Å²) in [6.07, 6.45) is 0. The van der Waals surface area contributed by atoms with Gasteiger partial charge in [0.1, 0.15) is 0 Å². The summed E-state index contributed by atoms with van der Waals surface area (Å²) in [6, 6.07) is 15.4. The van der Waals surface area contributed by atoms with Crippen molar-refractivity contribution >= 4 is 11.8 Å². The van der Waals surface area contributed by atoms with Gasteiger partial charge in [0, 0.05) is 0 Å². The van der Waals surface area contributed by atoms with E-state index in [0.29, 0.717) is 16.7 Å². The quantitative estimate of drug-likeness (QED) is 0.792. The Kier molecular flexibility index (Phi) is 3.03. The van der Waals surface area contributed by atoms with Crippen molar-refractivity contribution < 1.29 is 9.59 Å². The average molecular weight is 276 g/mol. The van der Waals surface area contributed by atoms with E-state index < -0.39 is 0 Å². The van der Waals surface area contributed by atoms with E-state index >= 15 is 0 Å². The lowest BCUT2D eigenvalue weighted by Crippen LogP contribution is -2.32. The molecule has 0 N–H and O–H groups in total. The highest BCUT2D eigenvalue weighted by Gasteiger charge is 2.38. The number of imide groups is 1. The molecule has 4 heteroatoms. The van der Waals surface area contributed by atoms with Crippen molar-refractivity contribution in [3.8, 4) is 6.07 Å². The molecule has 2 aromatic carbocycles. The van der Waals surface area contributed by atoms with Crippen molar-refractivity contribution in [2.75, 3.05) is 0 Å². The van der Waals surface area contributed by atoms with Gasteiger partial charge in [-0.15, -0.1) is 0 Å². The van der Waals surface area contributed by atoms with E-state index in [1.807, 2.05) is 13.0 Å². The van der Waals surface area contributed by atoms with Crippen molar-refractivity contribution in [1.29, 1.82) is 5.26 Å². The molecule has 0 fully saturated rings. The summed E-state index contributed by atoms with van der Waals surface area (Å²) in [5.41, 5.74) is 2.27. The number of hydrogen-bond donors (Lipinski definition) is 0. The topological polar surface area (TPSA) is 61.2 Å². The zero-order valence-corrected chi connectivity index (χ0v) is 11.4. The molecule has 21 heavy (non-hydrogen) atoms. The predicted octanol–water partition coefficient (Wildman–Crippen LogP) is 2.92. The summed E-state index contributed by atoms with van der Waals surface area (Å²) in [4.78, 5) is 26.1. The molecule has 0 saturated carbocycles. The summed E-state index contributed by atoms with van der Waals surface area (Å²) in [5, 5.41) is 8.81. The van der Waals surface area contributed by atoms with E-state index in [2.05, 4.69) is 0 Å². The lowest BCUT2D eigenvalue weighted by molar-refractivity contribution is 0.0595. The predicted molar refractivity (Wildman–Crippen MR) is 76.5 cm³/mol. The maximum atomic E-state index is 12.4. The number of benzene rings is 2. The van der Waals surface area contributed by atoms with Crippen LogP contribution in [0.15, 0.2) is 48.5 Å². The standard InChI is InChI=1S/C17H12N2O2/c1-11(13-8-6-12(10-18)7-9-13)19-16(20)14-4-2-3-5-15(14)17(19)21/h2-9,11H,1H3. The molecule has 1 aliphatic heterocycles. The molecule has 2 aromatic rings. The molecule has 0 aromatic heterocycles. The molecule has 0 bridgehead atoms. The Balaban J connectivity index is 1.96. The second-order valence-corrected chi connectivity index (χ2v) is 4.94. The number of amides is 2. The Hall–Kier alpha value is -2.93. The summed E-state index contributed by atoms with van der Waals surface area (Å²) in [7, 11) is 0. The van der Waals surface area contributed by atoms with Gasteiger partial charge in [-0.3, -0.25) is 14.5 Å². The van der Waals surface area contributed by atoms with Crippen LogP contribution in [0.25, 0.3) is 0 Å². The van der Waals surface area contributed by atoms with E-state index in [1.54, 1.807) is 48.5 Å². The van der Waals surface area contributed by atoms with Crippen LogP contribution in [0, 0.1) is 11.3 Å². The fourth-order valence-electron chi connectivity index (χ4n) is 2.54. The van der Waals surface area contributed by atoms with Crippen LogP contribution in [-0.4, -0.2) is 16.7 Å². The Bertz CT molecular complexity index is 737. The molecule has 2 amide bonds. The molecule has 1 aliphatic rings. The first kappa shape index (κ1) is 13.1. The van der Waals surface area contributed by atoms with E-state index in [9.17, 15) is 9.59 Å². The van der Waals surface area contributed by atoms with Crippen LogP contribution in [0.5, 0.6) is 0 Å². The number of hydrogen-bond acceptors (Lipinski definition) is 3. The van der Waals surface area contributed by atoms with Crippen LogP contribution in [0.3, 0.4) is 0 Å². The second-order valence-electron chi connectivity index (χ2n) is 4.94. The lowest BCUT2D eigenvalue weighted by Gasteiger charge is -2.22. The smallest absolute Gasteiger partial charge is 0.262 e. The summed E-state index contributed by atoms with van der Waals surface area (Å²) >= 11 is 0. The molecule has 102 valence electrons. The van der Waals surface area contributed by atoms with E-state index in [-0.39, 0.29) is 17.9 Å². The minimum atomic E-state index is -0.370. The van der Waals surface area contributed by atoms with Gasteiger partial charge in [-0.1, -0.05) is 24.3 Å². The van der Waals surface area contributed by atoms with Crippen molar-refractivity contribution in [3.05, 3.63) is 70.8 Å². The first-order chi connectivity index (χ1) is 10.1. The largest absolute Gasteiger partial charge is 0.269 e. The lowest BCUT2D eigenvalue weighted by atomic mass is 10.1. The SMILES string of the molecule is CC(c1ccc(C#N)cc1)N1C(=O)c2ccccc2C1=O. The molecule has 0 aliphatic carbocycles. The van der Waals surface area contributed by atoms with Crippen LogP contribution in [0.2, 0.25) is 0 Å². The van der Waals surface area contributed by atoms with Gasteiger partial charge in [0.25, 0.3) is 11.8 Å². The van der Waals surface area contributed by atoms with Crippen LogP contribution in [0.4, 0.5) is 0 Å². The van der Waals surface area contributed by atoms with Gasteiger partial charge >= 0.3 is 0 Å². The highest BCUT2D eigenvalue weighted by Crippen LogP contribution is 2.31. The minimum absolute atomic E-state index is 0.271. The third-order valence-corrected chi connectivity index (χ3v) is 3.73. The van der Waals surface area contributed by atoms with Crippen LogP contribution in [0.1, 0.15) is 44.8 Å². The fraction of sp³-hybridized carbons (Fsp3) is 0.118. The third kappa shape index (κ3) is 2.00. The Labute approximate surface area is 122 Å². The molecule has 1 atom stereocenters. The van der Waals surface area contributed by atoms with Gasteiger partial charge in [0.15, 0.2) is 0 Å². The van der Waals surface area contributed by atoms with Gasteiger partial charge in [-0.05, 0) is 36.8 Å². The second kappa shape index (κ2) is 4.88. The highest BCUT2D eigenvalue weighted by atomic mass is 16.2. The molecule has 0 saturated heterocycles. The van der Waals surface area contributed by atoms with E-state index in [1.165, 1.54) is 4.90 Å². The minimum Gasteiger partial charge on any atom is -0.269 e. The van der Waals surface area contributed by atoms with Gasteiger partial charge in [-0.2, -0.15) is 5.26 Å². The number of rotatable bonds is 2. The Morgan fingerprint density at radius 1 is 0.952 bits per heavy atom. The van der Waals surface area contributed by atoms with E-state index in [0.717, 1.165) is 5.56 Å². The Morgan fingerprint density at radius 2 is 1.48 bits per heavy atom.